The van der Waals surface area contributed by atoms with Crippen molar-refractivity contribution in [1.82, 2.24) is 19.5 Å². The first-order chi connectivity index (χ1) is 13.8. The molecule has 1 atom stereocenters. The molecule has 1 aliphatic rings. The fraction of sp³-hybridized carbons (Fsp3) is 0.350. The van der Waals surface area contributed by atoms with Gasteiger partial charge in [-0.2, -0.15) is 13.2 Å². The maximum atomic E-state index is 12.7. The molecule has 0 fully saturated rings. The number of aromatic nitrogens is 4. The largest absolute Gasteiger partial charge is 0.416 e. The normalized spacial score (nSPS) is 16.5. The number of hydrogen-bond acceptors (Lipinski definition) is 5. The van der Waals surface area contributed by atoms with Crippen LogP contribution in [0.15, 0.2) is 36.7 Å². The number of anilines is 2. The highest BCUT2D eigenvalue weighted by atomic mass is 19.4. The molecule has 0 saturated heterocycles. The summed E-state index contributed by atoms with van der Waals surface area (Å²) in [5.41, 5.74) is 2.19. The van der Waals surface area contributed by atoms with E-state index in [1.165, 1.54) is 18.3 Å². The van der Waals surface area contributed by atoms with Gasteiger partial charge in [0.15, 0.2) is 0 Å². The lowest BCUT2D eigenvalue weighted by Crippen LogP contribution is -2.26. The lowest BCUT2D eigenvalue weighted by molar-refractivity contribution is -0.137. The molecule has 1 unspecified atom stereocenters. The molecule has 4 rings (SSSR count). The van der Waals surface area contributed by atoms with E-state index in [-0.39, 0.29) is 6.10 Å². The van der Waals surface area contributed by atoms with Crippen LogP contribution in [0.25, 0.3) is 11.4 Å². The van der Waals surface area contributed by atoms with Crippen molar-refractivity contribution in [2.45, 2.75) is 38.6 Å². The van der Waals surface area contributed by atoms with Crippen LogP contribution >= 0.6 is 0 Å². The lowest BCUT2D eigenvalue weighted by Gasteiger charge is -2.24. The number of alkyl halides is 3. The second-order valence-corrected chi connectivity index (χ2v) is 6.96. The van der Waals surface area contributed by atoms with Crippen LogP contribution in [-0.4, -0.2) is 32.7 Å². The molecule has 9 heteroatoms. The van der Waals surface area contributed by atoms with E-state index >= 15 is 0 Å². The average Bonchev–Trinajstić information content (AvgIpc) is 3.02. The summed E-state index contributed by atoms with van der Waals surface area (Å²) in [6.45, 7) is 2.63. The first-order valence-electron chi connectivity index (χ1n) is 9.20. The molecule has 1 aliphatic heterocycles. The van der Waals surface area contributed by atoms with E-state index in [4.69, 9.17) is 4.74 Å². The van der Waals surface area contributed by atoms with Gasteiger partial charge in [-0.05, 0) is 37.6 Å². The predicted octanol–water partition coefficient (Wildman–Crippen LogP) is 4.37. The Morgan fingerprint density at radius 1 is 1.14 bits per heavy atom. The van der Waals surface area contributed by atoms with Crippen LogP contribution in [0.5, 0.6) is 0 Å². The topological polar surface area (TPSA) is 64.9 Å². The van der Waals surface area contributed by atoms with Gasteiger partial charge in [0, 0.05) is 19.2 Å². The van der Waals surface area contributed by atoms with Crippen molar-refractivity contribution >= 4 is 11.5 Å². The summed E-state index contributed by atoms with van der Waals surface area (Å²) >= 11 is 0. The van der Waals surface area contributed by atoms with E-state index in [1.54, 1.807) is 13.3 Å². The zero-order valence-electron chi connectivity index (χ0n) is 16.0. The number of methoxy groups -OCH3 is 1. The SMILES string of the molecule is COC1CCc2nc(C)c(-c3cncc(Nc4ccc(C(F)(F)F)cc4)n3)n2C1. The molecule has 0 spiro atoms. The third kappa shape index (κ3) is 3.95. The molecule has 0 amide bonds. The summed E-state index contributed by atoms with van der Waals surface area (Å²) in [7, 11) is 1.70. The molecule has 3 aromatic rings. The highest BCUT2D eigenvalue weighted by Gasteiger charge is 2.30. The van der Waals surface area contributed by atoms with Crippen molar-refractivity contribution < 1.29 is 17.9 Å². The van der Waals surface area contributed by atoms with E-state index in [1.807, 2.05) is 6.92 Å². The fourth-order valence-electron chi connectivity index (χ4n) is 3.55. The van der Waals surface area contributed by atoms with Gasteiger partial charge in [-0.3, -0.25) is 4.98 Å². The summed E-state index contributed by atoms with van der Waals surface area (Å²) in [5.74, 6) is 1.44. The van der Waals surface area contributed by atoms with Crippen molar-refractivity contribution in [3.8, 4) is 11.4 Å². The minimum atomic E-state index is -4.36. The molecular formula is C20H20F3N5O. The molecular weight excluding hydrogens is 383 g/mol. The first-order valence-corrected chi connectivity index (χ1v) is 9.20. The molecule has 0 aliphatic carbocycles. The Kier molecular flexibility index (Phi) is 4.99. The fourth-order valence-corrected chi connectivity index (χ4v) is 3.55. The smallest absolute Gasteiger partial charge is 0.380 e. The number of halogens is 3. The van der Waals surface area contributed by atoms with E-state index in [2.05, 4.69) is 24.8 Å². The van der Waals surface area contributed by atoms with Gasteiger partial charge in [0.25, 0.3) is 0 Å². The van der Waals surface area contributed by atoms with Gasteiger partial charge in [0.1, 0.15) is 17.3 Å². The highest BCUT2D eigenvalue weighted by Crippen LogP contribution is 2.31. The Bertz CT molecular complexity index is 1010. The van der Waals surface area contributed by atoms with Crippen LogP contribution in [0, 0.1) is 6.92 Å². The van der Waals surface area contributed by atoms with E-state index < -0.39 is 11.7 Å². The summed E-state index contributed by atoms with van der Waals surface area (Å²) in [5, 5.41) is 3.01. The third-order valence-corrected chi connectivity index (χ3v) is 4.99. The van der Waals surface area contributed by atoms with Gasteiger partial charge in [0.05, 0.1) is 42.0 Å². The van der Waals surface area contributed by atoms with Gasteiger partial charge in [-0.25, -0.2) is 9.97 Å². The summed E-state index contributed by atoms with van der Waals surface area (Å²) in [6, 6.07) is 4.79. The lowest BCUT2D eigenvalue weighted by atomic mass is 10.1. The van der Waals surface area contributed by atoms with E-state index in [9.17, 15) is 13.2 Å². The van der Waals surface area contributed by atoms with E-state index in [0.717, 1.165) is 42.2 Å². The number of nitrogens with one attached hydrogen (secondary N) is 1. The Labute approximate surface area is 165 Å². The van der Waals surface area contributed by atoms with Gasteiger partial charge in [-0.15, -0.1) is 0 Å². The van der Waals surface area contributed by atoms with Crippen LogP contribution in [0.1, 0.15) is 23.5 Å². The van der Waals surface area contributed by atoms with Crippen molar-refractivity contribution in [2.75, 3.05) is 12.4 Å². The molecule has 1 aromatic carbocycles. The first kappa shape index (κ1) is 19.4. The molecule has 0 bridgehead atoms. The number of rotatable bonds is 4. The molecule has 0 radical (unpaired) electrons. The Balaban J connectivity index is 1.61. The Morgan fingerprint density at radius 3 is 2.59 bits per heavy atom. The summed E-state index contributed by atoms with van der Waals surface area (Å²) < 4.78 is 45.8. The quantitative estimate of drug-likeness (QED) is 0.701. The number of ether oxygens (including phenoxy) is 1. The van der Waals surface area contributed by atoms with Crippen LogP contribution in [0.2, 0.25) is 0 Å². The molecule has 152 valence electrons. The Morgan fingerprint density at radius 2 is 1.90 bits per heavy atom. The number of aryl methyl sites for hydroxylation is 2. The second-order valence-electron chi connectivity index (χ2n) is 6.96. The monoisotopic (exact) mass is 403 g/mol. The zero-order valence-corrected chi connectivity index (χ0v) is 16.0. The van der Waals surface area contributed by atoms with Crippen LogP contribution in [-0.2, 0) is 23.9 Å². The molecule has 2 aromatic heterocycles. The van der Waals surface area contributed by atoms with Crippen molar-refractivity contribution in [1.29, 1.82) is 0 Å². The maximum Gasteiger partial charge on any atom is 0.416 e. The third-order valence-electron chi connectivity index (χ3n) is 4.99. The van der Waals surface area contributed by atoms with Crippen LogP contribution < -0.4 is 5.32 Å². The van der Waals surface area contributed by atoms with Gasteiger partial charge >= 0.3 is 6.18 Å². The minimum Gasteiger partial charge on any atom is -0.380 e. The van der Waals surface area contributed by atoms with Gasteiger partial charge in [-0.1, -0.05) is 0 Å². The number of hydrogen-bond donors (Lipinski definition) is 1. The van der Waals surface area contributed by atoms with Crippen molar-refractivity contribution in [3.63, 3.8) is 0 Å². The van der Waals surface area contributed by atoms with E-state index in [0.29, 0.717) is 23.7 Å². The predicted molar refractivity (Wildman–Crippen MR) is 102 cm³/mol. The summed E-state index contributed by atoms with van der Waals surface area (Å²) in [4.78, 5) is 13.5. The minimum absolute atomic E-state index is 0.122. The van der Waals surface area contributed by atoms with Gasteiger partial charge in [0.2, 0.25) is 0 Å². The second kappa shape index (κ2) is 7.47. The zero-order chi connectivity index (χ0) is 20.6. The van der Waals surface area contributed by atoms with Crippen LogP contribution in [0.4, 0.5) is 24.7 Å². The number of imidazole rings is 1. The Hall–Kier alpha value is -2.94. The average molecular weight is 403 g/mol. The number of nitrogens with zero attached hydrogens (tertiary/aromatic N) is 4. The summed E-state index contributed by atoms with van der Waals surface area (Å²) in [6.07, 6.45) is 0.699. The van der Waals surface area contributed by atoms with Gasteiger partial charge < -0.3 is 14.6 Å². The van der Waals surface area contributed by atoms with Crippen molar-refractivity contribution in [3.05, 3.63) is 53.7 Å². The molecule has 1 N–H and O–H groups in total. The number of fused-ring (bicyclic) bond motifs is 1. The molecule has 29 heavy (non-hydrogen) atoms. The molecule has 6 nitrogen and oxygen atoms in total. The van der Waals surface area contributed by atoms with Crippen LogP contribution in [0.3, 0.4) is 0 Å². The maximum absolute atomic E-state index is 12.7. The number of benzene rings is 1. The molecule has 0 saturated carbocycles. The van der Waals surface area contributed by atoms with Crippen molar-refractivity contribution in [2.24, 2.45) is 0 Å². The molecule has 3 heterocycles. The highest BCUT2D eigenvalue weighted by molar-refractivity contribution is 5.62. The standard InChI is InChI=1S/C20H20F3N5O/c1-12-19(28-11-15(29-2)7-8-18(28)25-12)16-9-24-10-17(27-16)26-14-5-3-13(4-6-14)20(21,22)23/h3-6,9-10,15H,7-8,11H2,1-2H3,(H,26,27).